The molecule has 2 fully saturated rings. The summed E-state index contributed by atoms with van der Waals surface area (Å²) in [6.07, 6.45) is 5.47. The van der Waals surface area contributed by atoms with Gasteiger partial charge >= 0.3 is 0 Å². The molecule has 1 aliphatic carbocycles. The van der Waals surface area contributed by atoms with E-state index in [0.717, 1.165) is 36.3 Å². The van der Waals surface area contributed by atoms with Gasteiger partial charge in [-0.25, -0.2) is 5.06 Å². The lowest BCUT2D eigenvalue weighted by Gasteiger charge is -2.30. The highest BCUT2D eigenvalue weighted by Gasteiger charge is 2.42. The largest absolute Gasteiger partial charge is 0.352 e. The van der Waals surface area contributed by atoms with Crippen LogP contribution in [0, 0.1) is 23.1 Å². The number of rotatable bonds is 13. The van der Waals surface area contributed by atoms with Crippen molar-refractivity contribution in [2.75, 3.05) is 44.1 Å². The summed E-state index contributed by atoms with van der Waals surface area (Å²) in [5.41, 5.74) is 6.04. The summed E-state index contributed by atoms with van der Waals surface area (Å²) in [5, 5.41) is 1.02. The highest BCUT2D eigenvalue weighted by Crippen LogP contribution is 2.37. The molecule has 1 unspecified atom stereocenters. The first kappa shape index (κ1) is 30.9. The second kappa shape index (κ2) is 13.8. The third-order valence-electron chi connectivity index (χ3n) is 8.15. The molecule has 2 atom stereocenters. The first-order chi connectivity index (χ1) is 19.6. The lowest BCUT2D eigenvalue weighted by Crippen LogP contribution is -2.42. The van der Waals surface area contributed by atoms with Gasteiger partial charge in [0.25, 0.3) is 0 Å². The zero-order chi connectivity index (χ0) is 29.6. The van der Waals surface area contributed by atoms with E-state index in [1.807, 2.05) is 49.3 Å². The van der Waals surface area contributed by atoms with Crippen LogP contribution >= 0.6 is 11.6 Å². The number of carbonyl (C=O) groups excluding carboxylic acids is 2. The van der Waals surface area contributed by atoms with Crippen molar-refractivity contribution in [3.63, 3.8) is 0 Å². The average Bonchev–Trinajstić information content (AvgIpc) is 3.57. The quantitative estimate of drug-likeness (QED) is 0.203. The van der Waals surface area contributed by atoms with Crippen molar-refractivity contribution in [1.29, 1.82) is 0 Å². The van der Waals surface area contributed by atoms with Crippen molar-refractivity contribution in [3.8, 4) is 0 Å². The summed E-state index contributed by atoms with van der Waals surface area (Å²) >= 11 is 6.19. The van der Waals surface area contributed by atoms with Crippen LogP contribution in [0.4, 0.5) is 16.0 Å². The summed E-state index contributed by atoms with van der Waals surface area (Å²) in [7, 11) is 4.00. The molecule has 1 saturated heterocycles. The van der Waals surface area contributed by atoms with Crippen molar-refractivity contribution >= 4 is 35.6 Å². The van der Waals surface area contributed by atoms with Crippen molar-refractivity contribution in [3.05, 3.63) is 47.0 Å². The molecule has 2 heterocycles. The third kappa shape index (κ3) is 8.05. The summed E-state index contributed by atoms with van der Waals surface area (Å²) in [6.45, 7) is 5.69. The molecule has 12 heteroatoms. The molecule has 4 rings (SSSR count). The van der Waals surface area contributed by atoms with Crippen LogP contribution in [-0.4, -0.2) is 72.0 Å². The van der Waals surface area contributed by atoms with Crippen molar-refractivity contribution in [1.82, 2.24) is 25.4 Å². The monoisotopic (exact) mass is 589 g/mol. The molecule has 41 heavy (non-hydrogen) atoms. The van der Waals surface area contributed by atoms with Crippen LogP contribution in [0.5, 0.6) is 0 Å². The van der Waals surface area contributed by atoms with E-state index in [1.54, 1.807) is 0 Å². The number of aromatic nitrogens is 2. The fourth-order valence-electron chi connectivity index (χ4n) is 6.05. The van der Waals surface area contributed by atoms with Gasteiger partial charge in [0, 0.05) is 19.1 Å². The fourth-order valence-corrected chi connectivity index (χ4v) is 6.22. The molecule has 2 aliphatic rings. The fraction of sp³-hybridized carbons (Fsp3) is 0.586. The lowest BCUT2D eigenvalue weighted by molar-refractivity contribution is -0.182. The summed E-state index contributed by atoms with van der Waals surface area (Å²) in [6, 6.07) is 9.67. The number of nitrogens with one attached hydrogen (secondary N) is 2. The SMILES string of the molecule is CN(C)C1CN(c2nc(Cl)nc(NNC(=O)[C@H](CC3CCCC3)CN(C=O)OCc3ccccc3)c2F)CC1(C)C. The van der Waals surface area contributed by atoms with Crippen molar-refractivity contribution < 1.29 is 18.8 Å². The minimum atomic E-state index is -0.696. The predicted octanol–water partition coefficient (Wildman–Crippen LogP) is 4.28. The molecule has 1 aromatic carbocycles. The van der Waals surface area contributed by atoms with Gasteiger partial charge in [0.2, 0.25) is 23.4 Å². The minimum absolute atomic E-state index is 0.0629. The van der Waals surface area contributed by atoms with Crippen LogP contribution in [0.1, 0.15) is 51.5 Å². The molecule has 1 saturated carbocycles. The van der Waals surface area contributed by atoms with Crippen LogP contribution in [-0.2, 0) is 21.0 Å². The van der Waals surface area contributed by atoms with E-state index >= 15 is 4.39 Å². The van der Waals surface area contributed by atoms with E-state index in [-0.39, 0.29) is 41.5 Å². The van der Waals surface area contributed by atoms with Gasteiger partial charge in [0.05, 0.1) is 12.5 Å². The number of hydrogen-bond donors (Lipinski definition) is 2. The second-order valence-corrected chi connectivity index (χ2v) is 12.3. The van der Waals surface area contributed by atoms with Gasteiger partial charge in [0.1, 0.15) is 6.61 Å². The smallest absolute Gasteiger partial charge is 0.243 e. The number of halogens is 2. The first-order valence-electron chi connectivity index (χ1n) is 14.2. The molecule has 1 aliphatic heterocycles. The molecule has 1 aromatic heterocycles. The Morgan fingerprint density at radius 1 is 1.24 bits per heavy atom. The Balaban J connectivity index is 1.44. The molecular formula is C29H41ClFN7O3. The molecule has 0 bridgehead atoms. The summed E-state index contributed by atoms with van der Waals surface area (Å²) in [5.74, 6) is -1.43. The maximum absolute atomic E-state index is 15.7. The standard InChI is InChI=1S/C29H41ClFN7O3/c1-29(2)18-37(16-23(29)36(3)4)26-24(31)25(32-28(30)33-26)34-35-27(40)22(14-20-10-8-9-11-20)15-38(19-39)41-17-21-12-6-5-7-13-21/h5-7,12-13,19-20,22-23H,8-11,14-18H2,1-4H3,(H,35,40)(H,32,33,34)/t22-,23?/m1/s1. The van der Waals surface area contributed by atoms with Crippen LogP contribution in [0.15, 0.2) is 30.3 Å². The van der Waals surface area contributed by atoms with Gasteiger partial charge < -0.3 is 9.80 Å². The molecular weight excluding hydrogens is 549 g/mol. The number of likely N-dealkylation sites (N-methyl/N-ethyl adjacent to an activating group) is 1. The van der Waals surface area contributed by atoms with Gasteiger partial charge in [0.15, 0.2) is 11.6 Å². The Hall–Kier alpha value is -3.02. The van der Waals surface area contributed by atoms with E-state index in [0.29, 0.717) is 31.8 Å². The van der Waals surface area contributed by atoms with Gasteiger partial charge in [-0.1, -0.05) is 69.9 Å². The minimum Gasteiger partial charge on any atom is -0.352 e. The van der Waals surface area contributed by atoms with E-state index in [1.165, 1.54) is 0 Å². The normalized spacial score (nSPS) is 19.4. The number of hydrazine groups is 1. The van der Waals surface area contributed by atoms with Gasteiger partial charge in [-0.3, -0.25) is 25.3 Å². The number of nitrogens with zero attached hydrogens (tertiary/aromatic N) is 5. The molecule has 0 spiro atoms. The highest BCUT2D eigenvalue weighted by molar-refractivity contribution is 6.28. The number of hydroxylamine groups is 2. The lowest BCUT2D eigenvalue weighted by atomic mass is 9.87. The number of amides is 2. The molecule has 2 N–H and O–H groups in total. The van der Waals surface area contributed by atoms with Crippen LogP contribution in [0.25, 0.3) is 0 Å². The van der Waals surface area contributed by atoms with Gasteiger partial charge in [-0.2, -0.15) is 14.4 Å². The topological polar surface area (TPSA) is 103 Å². The molecule has 10 nitrogen and oxygen atoms in total. The van der Waals surface area contributed by atoms with Crippen molar-refractivity contribution in [2.45, 2.75) is 58.6 Å². The molecule has 0 radical (unpaired) electrons. The maximum atomic E-state index is 15.7. The number of hydrogen-bond acceptors (Lipinski definition) is 8. The number of carbonyl (C=O) groups is 2. The zero-order valence-electron chi connectivity index (χ0n) is 24.3. The Labute approximate surface area is 246 Å². The van der Waals surface area contributed by atoms with Gasteiger partial charge in [-0.05, 0) is 49.0 Å². The Kier molecular flexibility index (Phi) is 10.4. The van der Waals surface area contributed by atoms with E-state index in [2.05, 4.69) is 39.6 Å². The molecule has 224 valence electrons. The Morgan fingerprint density at radius 3 is 2.59 bits per heavy atom. The van der Waals surface area contributed by atoms with E-state index in [4.69, 9.17) is 16.4 Å². The summed E-state index contributed by atoms with van der Waals surface area (Å²) in [4.78, 5) is 43.0. The van der Waals surface area contributed by atoms with Crippen LogP contribution in [0.2, 0.25) is 5.28 Å². The molecule has 2 amide bonds. The Bertz CT molecular complexity index is 1180. The first-order valence-corrected chi connectivity index (χ1v) is 14.5. The number of anilines is 2. The van der Waals surface area contributed by atoms with Crippen molar-refractivity contribution in [2.24, 2.45) is 17.3 Å². The van der Waals surface area contributed by atoms with E-state index in [9.17, 15) is 9.59 Å². The zero-order valence-corrected chi connectivity index (χ0v) is 25.0. The maximum Gasteiger partial charge on any atom is 0.243 e. The molecule has 2 aromatic rings. The predicted molar refractivity (Wildman–Crippen MR) is 156 cm³/mol. The number of benzene rings is 1. The average molecular weight is 590 g/mol. The Morgan fingerprint density at radius 2 is 1.95 bits per heavy atom. The second-order valence-electron chi connectivity index (χ2n) is 12.0. The van der Waals surface area contributed by atoms with E-state index < -0.39 is 17.6 Å². The van der Waals surface area contributed by atoms with Crippen LogP contribution < -0.4 is 15.8 Å². The van der Waals surface area contributed by atoms with Gasteiger partial charge in [-0.15, -0.1) is 0 Å². The third-order valence-corrected chi connectivity index (χ3v) is 8.32. The summed E-state index contributed by atoms with van der Waals surface area (Å²) < 4.78 is 15.7. The highest BCUT2D eigenvalue weighted by atomic mass is 35.5. The van der Waals surface area contributed by atoms with Crippen LogP contribution in [0.3, 0.4) is 0 Å².